The SMILES string of the molecule is C[C@H](OC(=O)c1ccc(CO)cc1)C(=O)Nc1cccc(F)c1. The van der Waals surface area contributed by atoms with E-state index in [0.717, 1.165) is 0 Å². The van der Waals surface area contributed by atoms with Crippen LogP contribution >= 0.6 is 0 Å². The van der Waals surface area contributed by atoms with Crippen LogP contribution in [0.5, 0.6) is 0 Å². The summed E-state index contributed by atoms with van der Waals surface area (Å²) in [6, 6.07) is 11.6. The number of aliphatic hydroxyl groups excluding tert-OH is 1. The van der Waals surface area contributed by atoms with Gasteiger partial charge in [0.1, 0.15) is 5.82 Å². The molecule has 0 saturated carbocycles. The van der Waals surface area contributed by atoms with Gasteiger partial charge in [0.2, 0.25) is 0 Å². The first-order chi connectivity index (χ1) is 11.0. The van der Waals surface area contributed by atoms with Gasteiger partial charge in [0.25, 0.3) is 5.91 Å². The van der Waals surface area contributed by atoms with E-state index in [-0.39, 0.29) is 17.9 Å². The molecule has 0 aliphatic rings. The van der Waals surface area contributed by atoms with Crippen molar-refractivity contribution in [3.63, 3.8) is 0 Å². The number of nitrogens with one attached hydrogen (secondary N) is 1. The summed E-state index contributed by atoms with van der Waals surface area (Å²) in [5.74, 6) is -1.69. The van der Waals surface area contributed by atoms with E-state index in [1.807, 2.05) is 0 Å². The molecule has 0 bridgehead atoms. The summed E-state index contributed by atoms with van der Waals surface area (Å²) < 4.78 is 18.1. The van der Waals surface area contributed by atoms with Crippen molar-refractivity contribution >= 4 is 17.6 Å². The maximum absolute atomic E-state index is 13.1. The molecule has 0 fully saturated rings. The molecule has 6 heteroatoms. The zero-order valence-electron chi connectivity index (χ0n) is 12.5. The summed E-state index contributed by atoms with van der Waals surface area (Å²) in [4.78, 5) is 23.9. The fourth-order valence-corrected chi connectivity index (χ4v) is 1.84. The fourth-order valence-electron chi connectivity index (χ4n) is 1.84. The normalized spacial score (nSPS) is 11.6. The fraction of sp³-hybridized carbons (Fsp3) is 0.176. The Labute approximate surface area is 132 Å². The van der Waals surface area contributed by atoms with Crippen molar-refractivity contribution < 1.29 is 23.8 Å². The van der Waals surface area contributed by atoms with Crippen molar-refractivity contribution in [3.8, 4) is 0 Å². The van der Waals surface area contributed by atoms with Crippen molar-refractivity contribution in [1.29, 1.82) is 0 Å². The highest BCUT2D eigenvalue weighted by atomic mass is 19.1. The molecule has 1 atom stereocenters. The van der Waals surface area contributed by atoms with Crippen molar-refractivity contribution in [2.24, 2.45) is 0 Å². The minimum atomic E-state index is -1.04. The van der Waals surface area contributed by atoms with Gasteiger partial charge in [0.15, 0.2) is 6.10 Å². The number of hydrogen-bond donors (Lipinski definition) is 2. The number of anilines is 1. The van der Waals surface area contributed by atoms with Gasteiger partial charge < -0.3 is 15.2 Å². The lowest BCUT2D eigenvalue weighted by molar-refractivity contribution is -0.123. The van der Waals surface area contributed by atoms with Crippen molar-refractivity contribution in [2.45, 2.75) is 19.6 Å². The first-order valence-corrected chi connectivity index (χ1v) is 6.97. The minimum absolute atomic E-state index is 0.123. The lowest BCUT2D eigenvalue weighted by Crippen LogP contribution is -2.30. The molecule has 0 aliphatic heterocycles. The van der Waals surface area contributed by atoms with Gasteiger partial charge in [-0.3, -0.25) is 4.79 Å². The number of hydrogen-bond acceptors (Lipinski definition) is 4. The Hall–Kier alpha value is -2.73. The highest BCUT2D eigenvalue weighted by Crippen LogP contribution is 2.11. The van der Waals surface area contributed by atoms with Crippen molar-refractivity contribution in [2.75, 3.05) is 5.32 Å². The molecule has 23 heavy (non-hydrogen) atoms. The monoisotopic (exact) mass is 317 g/mol. The molecule has 1 amide bonds. The van der Waals surface area contributed by atoms with Crippen molar-refractivity contribution in [3.05, 3.63) is 65.5 Å². The lowest BCUT2D eigenvalue weighted by Gasteiger charge is -2.13. The third kappa shape index (κ3) is 4.62. The zero-order valence-corrected chi connectivity index (χ0v) is 12.5. The number of carbonyl (C=O) groups excluding carboxylic acids is 2. The number of carbonyl (C=O) groups is 2. The largest absolute Gasteiger partial charge is 0.449 e. The van der Waals surface area contributed by atoms with E-state index >= 15 is 0 Å². The highest BCUT2D eigenvalue weighted by molar-refractivity contribution is 5.97. The molecule has 0 radical (unpaired) electrons. The van der Waals surface area contributed by atoms with Gasteiger partial charge in [0.05, 0.1) is 12.2 Å². The van der Waals surface area contributed by atoms with Crippen LogP contribution in [-0.4, -0.2) is 23.1 Å². The summed E-state index contributed by atoms with van der Waals surface area (Å²) in [5, 5.41) is 11.4. The smallest absolute Gasteiger partial charge is 0.338 e. The second-order valence-corrected chi connectivity index (χ2v) is 4.90. The quantitative estimate of drug-likeness (QED) is 0.831. The molecular formula is C17H16FNO4. The summed E-state index contributed by atoms with van der Waals surface area (Å²) in [6.45, 7) is 1.30. The van der Waals surface area contributed by atoms with E-state index in [1.165, 1.54) is 43.3 Å². The van der Waals surface area contributed by atoms with E-state index in [1.54, 1.807) is 12.1 Å². The molecule has 0 aliphatic carbocycles. The lowest BCUT2D eigenvalue weighted by atomic mass is 10.1. The van der Waals surface area contributed by atoms with Crippen LogP contribution in [0.15, 0.2) is 48.5 Å². The number of halogens is 1. The summed E-state index contributed by atoms with van der Waals surface area (Å²) in [7, 11) is 0. The predicted octanol–water partition coefficient (Wildman–Crippen LogP) is 2.50. The van der Waals surface area contributed by atoms with E-state index in [2.05, 4.69) is 5.32 Å². The highest BCUT2D eigenvalue weighted by Gasteiger charge is 2.19. The third-order valence-electron chi connectivity index (χ3n) is 3.12. The molecule has 0 saturated heterocycles. The molecule has 120 valence electrons. The Morgan fingerprint density at radius 3 is 2.52 bits per heavy atom. The number of aliphatic hydroxyl groups is 1. The van der Waals surface area contributed by atoms with Gasteiger partial charge in [-0.05, 0) is 42.8 Å². The Kier molecular flexibility index (Phi) is 5.43. The topological polar surface area (TPSA) is 75.6 Å². The first-order valence-electron chi connectivity index (χ1n) is 6.97. The second-order valence-electron chi connectivity index (χ2n) is 4.90. The van der Waals surface area contributed by atoms with Crippen molar-refractivity contribution in [1.82, 2.24) is 0 Å². The summed E-state index contributed by atoms with van der Waals surface area (Å²) >= 11 is 0. The van der Waals surface area contributed by atoms with Gasteiger partial charge in [-0.1, -0.05) is 18.2 Å². The maximum atomic E-state index is 13.1. The number of ether oxygens (including phenoxy) is 1. The Morgan fingerprint density at radius 1 is 1.22 bits per heavy atom. The summed E-state index contributed by atoms with van der Waals surface area (Å²) in [5.41, 5.74) is 1.22. The summed E-state index contributed by atoms with van der Waals surface area (Å²) in [6.07, 6.45) is -1.04. The van der Waals surface area contributed by atoms with Crippen LogP contribution in [0.25, 0.3) is 0 Å². The van der Waals surface area contributed by atoms with E-state index < -0.39 is 23.8 Å². The van der Waals surface area contributed by atoms with Crippen LogP contribution < -0.4 is 5.32 Å². The second kappa shape index (κ2) is 7.51. The van der Waals surface area contributed by atoms with Gasteiger partial charge in [0, 0.05) is 5.69 Å². The van der Waals surface area contributed by atoms with Crippen LogP contribution in [0.3, 0.4) is 0 Å². The zero-order chi connectivity index (χ0) is 16.8. The molecule has 0 aromatic heterocycles. The number of amides is 1. The van der Waals surface area contributed by atoms with Crippen LogP contribution in [0.2, 0.25) is 0 Å². The van der Waals surface area contributed by atoms with Gasteiger partial charge in [-0.2, -0.15) is 0 Å². The van der Waals surface area contributed by atoms with E-state index in [0.29, 0.717) is 5.56 Å². The molecule has 0 unspecified atom stereocenters. The number of benzene rings is 2. The van der Waals surface area contributed by atoms with E-state index in [4.69, 9.17) is 9.84 Å². The Morgan fingerprint density at radius 2 is 1.91 bits per heavy atom. The first kappa shape index (κ1) is 16.6. The molecule has 2 rings (SSSR count). The molecule has 2 N–H and O–H groups in total. The Balaban J connectivity index is 1.95. The minimum Gasteiger partial charge on any atom is -0.449 e. The molecule has 0 spiro atoms. The average Bonchev–Trinajstić information content (AvgIpc) is 2.54. The Bertz CT molecular complexity index is 700. The van der Waals surface area contributed by atoms with Crippen LogP contribution in [0.1, 0.15) is 22.8 Å². The van der Waals surface area contributed by atoms with Crippen LogP contribution in [0, 0.1) is 5.82 Å². The molecule has 2 aromatic carbocycles. The predicted molar refractivity (Wildman–Crippen MR) is 82.3 cm³/mol. The number of esters is 1. The van der Waals surface area contributed by atoms with Crippen LogP contribution in [-0.2, 0) is 16.1 Å². The molecule has 5 nitrogen and oxygen atoms in total. The van der Waals surface area contributed by atoms with Gasteiger partial charge in [-0.25, -0.2) is 9.18 Å². The molecule has 2 aromatic rings. The third-order valence-corrected chi connectivity index (χ3v) is 3.12. The standard InChI is InChI=1S/C17H16FNO4/c1-11(16(21)19-15-4-2-3-14(18)9-15)23-17(22)13-7-5-12(10-20)6-8-13/h2-9,11,20H,10H2,1H3,(H,19,21)/t11-/m0/s1. The molecule has 0 heterocycles. The van der Waals surface area contributed by atoms with Crippen LogP contribution in [0.4, 0.5) is 10.1 Å². The van der Waals surface area contributed by atoms with E-state index in [9.17, 15) is 14.0 Å². The molecular weight excluding hydrogens is 301 g/mol. The van der Waals surface area contributed by atoms with Gasteiger partial charge in [-0.15, -0.1) is 0 Å². The number of rotatable bonds is 5. The maximum Gasteiger partial charge on any atom is 0.338 e. The average molecular weight is 317 g/mol. The van der Waals surface area contributed by atoms with Gasteiger partial charge >= 0.3 is 5.97 Å².